The molecule has 0 aliphatic carbocycles. The van der Waals surface area contributed by atoms with Crippen LogP contribution in [0.1, 0.15) is 23.3 Å². The van der Waals surface area contributed by atoms with E-state index in [0.717, 1.165) is 5.56 Å². The average Bonchev–Trinajstić information content (AvgIpc) is 3.74. The highest BCUT2D eigenvalue weighted by molar-refractivity contribution is 5.66. The molecule has 1 N–H and O–H groups in total. The van der Waals surface area contributed by atoms with E-state index in [0.29, 0.717) is 46.7 Å². The number of ether oxygens (including phenoxy) is 11. The van der Waals surface area contributed by atoms with E-state index in [-0.39, 0.29) is 37.6 Å². The Hall–Kier alpha value is -4.10. The van der Waals surface area contributed by atoms with Crippen LogP contribution >= 0.6 is 0 Å². The molecule has 0 saturated carbocycles. The van der Waals surface area contributed by atoms with Crippen LogP contribution in [-0.4, -0.2) is 78.2 Å². The lowest BCUT2D eigenvalue weighted by atomic mass is 9.85. The number of rotatable bonds is 9. The van der Waals surface area contributed by atoms with Gasteiger partial charge in [-0.3, -0.25) is 0 Å². The quantitative estimate of drug-likeness (QED) is 0.379. The fraction of sp³-hybridized carbons (Fsp3) is 0.438. The highest BCUT2D eigenvalue weighted by atomic mass is 16.7. The van der Waals surface area contributed by atoms with Crippen LogP contribution in [0.3, 0.4) is 0 Å². The maximum Gasteiger partial charge on any atom is 0.232 e. The molecular weight excluding hydrogens is 576 g/mol. The van der Waals surface area contributed by atoms with Crippen LogP contribution in [0.15, 0.2) is 48.5 Å². The summed E-state index contributed by atoms with van der Waals surface area (Å²) in [7, 11) is 6.19. The lowest BCUT2D eigenvalue weighted by molar-refractivity contribution is -0.153. The van der Waals surface area contributed by atoms with Crippen molar-refractivity contribution in [3.8, 4) is 46.0 Å². The normalized spacial score (nSPS) is 28.0. The Balaban J connectivity index is 1.17. The zero-order valence-electron chi connectivity index (χ0n) is 24.8. The summed E-state index contributed by atoms with van der Waals surface area (Å²) < 4.78 is 64.9. The first-order valence-electron chi connectivity index (χ1n) is 14.2. The van der Waals surface area contributed by atoms with Gasteiger partial charge in [0, 0.05) is 24.8 Å². The molecule has 3 aromatic rings. The minimum Gasteiger partial charge on any atom is -0.496 e. The Morgan fingerprint density at radius 2 is 1.59 bits per heavy atom. The van der Waals surface area contributed by atoms with E-state index in [4.69, 9.17) is 52.1 Å². The molecule has 0 bridgehead atoms. The topological polar surface area (TPSA) is 122 Å². The molecule has 0 spiro atoms. The molecule has 2 saturated heterocycles. The lowest BCUT2D eigenvalue weighted by Gasteiger charge is -2.35. The third kappa shape index (κ3) is 4.60. The van der Waals surface area contributed by atoms with Gasteiger partial charge in [0.25, 0.3) is 0 Å². The molecule has 7 rings (SSSR count). The maximum atomic E-state index is 12.0. The van der Waals surface area contributed by atoms with Gasteiger partial charge < -0.3 is 57.2 Å². The van der Waals surface area contributed by atoms with E-state index >= 15 is 0 Å². The first kappa shape index (κ1) is 28.7. The van der Waals surface area contributed by atoms with E-state index in [1.165, 1.54) is 14.2 Å². The Kier molecular flexibility index (Phi) is 7.45. The smallest absolute Gasteiger partial charge is 0.232 e. The largest absolute Gasteiger partial charge is 0.496 e. The van der Waals surface area contributed by atoms with Gasteiger partial charge in [-0.1, -0.05) is 30.3 Å². The lowest BCUT2D eigenvalue weighted by Crippen LogP contribution is -2.47. The zero-order valence-corrected chi connectivity index (χ0v) is 24.8. The first-order valence-corrected chi connectivity index (χ1v) is 14.2. The van der Waals surface area contributed by atoms with Gasteiger partial charge in [-0.15, -0.1) is 0 Å². The molecule has 4 heterocycles. The van der Waals surface area contributed by atoms with Crippen molar-refractivity contribution in [3.05, 3.63) is 59.7 Å². The monoisotopic (exact) mass is 610 g/mol. The average molecular weight is 611 g/mol. The molecule has 6 atom stereocenters. The minimum atomic E-state index is -1.51. The van der Waals surface area contributed by atoms with Crippen molar-refractivity contribution in [3.63, 3.8) is 0 Å². The van der Waals surface area contributed by atoms with Crippen molar-refractivity contribution in [2.24, 2.45) is 5.92 Å². The number of fused-ring (bicyclic) bond motifs is 3. The molecule has 12 heteroatoms. The number of aliphatic hydroxyl groups is 1. The van der Waals surface area contributed by atoms with Crippen molar-refractivity contribution >= 4 is 0 Å². The van der Waals surface area contributed by atoms with Crippen molar-refractivity contribution in [2.75, 3.05) is 55.1 Å². The minimum absolute atomic E-state index is 0.0379. The van der Waals surface area contributed by atoms with Gasteiger partial charge in [-0.05, 0) is 11.6 Å². The van der Waals surface area contributed by atoms with Gasteiger partial charge in [0.1, 0.15) is 5.75 Å². The van der Waals surface area contributed by atoms with Gasteiger partial charge in [0.05, 0.1) is 53.2 Å². The van der Waals surface area contributed by atoms with Gasteiger partial charge in [0.15, 0.2) is 40.8 Å². The molecule has 0 radical (unpaired) electrons. The fourth-order valence-corrected chi connectivity index (χ4v) is 6.28. The zero-order chi connectivity index (χ0) is 30.4. The number of hydrogen-bond donors (Lipinski definition) is 1. The second kappa shape index (κ2) is 11.4. The summed E-state index contributed by atoms with van der Waals surface area (Å²) in [6.45, 7) is 0.460. The van der Waals surface area contributed by atoms with Crippen molar-refractivity contribution in [2.45, 2.75) is 30.2 Å². The summed E-state index contributed by atoms with van der Waals surface area (Å²) >= 11 is 0. The van der Waals surface area contributed by atoms with E-state index in [9.17, 15) is 5.11 Å². The molecule has 2 fully saturated rings. The van der Waals surface area contributed by atoms with Crippen molar-refractivity contribution in [1.82, 2.24) is 0 Å². The van der Waals surface area contributed by atoms with Gasteiger partial charge in [-0.2, -0.15) is 0 Å². The maximum absolute atomic E-state index is 12.0. The summed E-state index contributed by atoms with van der Waals surface area (Å²) in [5.41, 5.74) is 0.150. The summed E-state index contributed by atoms with van der Waals surface area (Å²) in [4.78, 5) is 0. The van der Waals surface area contributed by atoms with Crippen molar-refractivity contribution < 1.29 is 57.2 Å². The third-order valence-electron chi connectivity index (χ3n) is 8.46. The van der Waals surface area contributed by atoms with E-state index in [1.807, 2.05) is 36.4 Å². The molecule has 44 heavy (non-hydrogen) atoms. The van der Waals surface area contributed by atoms with Crippen LogP contribution in [0, 0.1) is 5.92 Å². The molecule has 234 valence electrons. The molecule has 12 nitrogen and oxygen atoms in total. The van der Waals surface area contributed by atoms with Crippen LogP contribution in [0.5, 0.6) is 46.0 Å². The summed E-state index contributed by atoms with van der Waals surface area (Å²) in [6.07, 6.45) is -2.46. The Morgan fingerprint density at radius 3 is 2.34 bits per heavy atom. The van der Waals surface area contributed by atoms with Crippen LogP contribution in [0.4, 0.5) is 0 Å². The van der Waals surface area contributed by atoms with E-state index < -0.39 is 30.0 Å². The summed E-state index contributed by atoms with van der Waals surface area (Å²) in [5.74, 6) is 2.77. The molecule has 3 aromatic carbocycles. The second-order valence-corrected chi connectivity index (χ2v) is 10.9. The van der Waals surface area contributed by atoms with Crippen LogP contribution < -0.4 is 37.9 Å². The standard InChI is InChI=1S/C32H34O12/c1-34-14-25-26(17-8-6-5-7-9-17)43-22-11-20(35-2)18(10-21(22)42-25)27-19-13-38-31(32(19,33)15-39-27)44-29-23(36-3)12-24-28(30(29)37-4)41-16-40-24/h5-12,19,25-27,31,33H,13-16H2,1-4H3/t19-,25-,26-,27-,31-,32-/m0/s1. The first-order chi connectivity index (χ1) is 21.5. The van der Waals surface area contributed by atoms with Crippen LogP contribution in [0.2, 0.25) is 0 Å². The summed E-state index contributed by atoms with van der Waals surface area (Å²) in [5, 5.41) is 12.0. The van der Waals surface area contributed by atoms with E-state index in [1.54, 1.807) is 26.4 Å². The van der Waals surface area contributed by atoms with Gasteiger partial charge in [-0.25, -0.2) is 0 Å². The highest BCUT2D eigenvalue weighted by Gasteiger charge is 2.61. The van der Waals surface area contributed by atoms with Gasteiger partial charge in [0.2, 0.25) is 30.3 Å². The second-order valence-electron chi connectivity index (χ2n) is 10.9. The van der Waals surface area contributed by atoms with Crippen LogP contribution in [-0.2, 0) is 14.2 Å². The third-order valence-corrected chi connectivity index (χ3v) is 8.46. The number of methoxy groups -OCH3 is 4. The molecule has 0 aromatic heterocycles. The predicted octanol–water partition coefficient (Wildman–Crippen LogP) is 3.82. The Bertz CT molecular complexity index is 1510. The molecule has 4 aliphatic heterocycles. The SMILES string of the molecule is COC[C@@H]1Oc2cc([C@@H]3OC[C@@]4(O)[C@H](Oc5c(OC)cc6c(c5OC)OCO6)OC[C@@H]34)c(OC)cc2O[C@H]1c1ccccc1. The predicted molar refractivity (Wildman–Crippen MR) is 152 cm³/mol. The Morgan fingerprint density at radius 1 is 0.818 bits per heavy atom. The Labute approximate surface area is 254 Å². The molecular formula is C32H34O12. The molecule has 4 aliphatic rings. The fourth-order valence-electron chi connectivity index (χ4n) is 6.28. The number of hydrogen-bond acceptors (Lipinski definition) is 12. The van der Waals surface area contributed by atoms with Crippen molar-refractivity contribution in [1.29, 1.82) is 0 Å². The molecule has 0 amide bonds. The van der Waals surface area contributed by atoms with E-state index in [2.05, 4.69) is 0 Å². The molecule has 0 unspecified atom stereocenters. The van der Waals surface area contributed by atoms with Crippen LogP contribution in [0.25, 0.3) is 0 Å². The van der Waals surface area contributed by atoms with Gasteiger partial charge >= 0.3 is 0 Å². The summed E-state index contributed by atoms with van der Waals surface area (Å²) in [6, 6.07) is 15.1. The highest BCUT2D eigenvalue weighted by Crippen LogP contribution is 2.56. The number of benzene rings is 3.